The van der Waals surface area contributed by atoms with Crippen LogP contribution in [-0.4, -0.2) is 24.8 Å². The van der Waals surface area contributed by atoms with Crippen molar-refractivity contribution in [2.24, 2.45) is 0 Å². The molecular formula is C13H14N4O3. The monoisotopic (exact) mass is 274 g/mol. The fourth-order valence-corrected chi connectivity index (χ4v) is 2.34. The minimum atomic E-state index is -0.399. The van der Waals surface area contributed by atoms with Crippen LogP contribution in [0.25, 0.3) is 11.4 Å². The second-order valence-electron chi connectivity index (χ2n) is 4.96. The smallest absolute Gasteiger partial charge is 0.272 e. The molecule has 1 aliphatic rings. The van der Waals surface area contributed by atoms with Crippen molar-refractivity contribution in [1.29, 1.82) is 0 Å². The van der Waals surface area contributed by atoms with Gasteiger partial charge in [-0.2, -0.15) is 0 Å². The number of hydrogen-bond donors (Lipinski definition) is 1. The summed E-state index contributed by atoms with van der Waals surface area (Å²) in [5, 5.41) is 28.3. The van der Waals surface area contributed by atoms with E-state index in [0.29, 0.717) is 23.3 Å². The van der Waals surface area contributed by atoms with E-state index in [9.17, 15) is 15.2 Å². The van der Waals surface area contributed by atoms with Gasteiger partial charge in [0.25, 0.3) is 5.69 Å². The number of nitro benzene ring substituents is 1. The molecule has 104 valence electrons. The summed E-state index contributed by atoms with van der Waals surface area (Å²) in [6, 6.07) is 5.23. The Bertz CT molecular complexity index is 676. The molecule has 0 amide bonds. The molecule has 7 nitrogen and oxygen atoms in total. The van der Waals surface area contributed by atoms with Crippen LogP contribution in [0.3, 0.4) is 0 Å². The number of rotatable bonds is 4. The number of aryl methyl sites for hydroxylation is 1. The Hall–Kier alpha value is -2.28. The van der Waals surface area contributed by atoms with Crippen molar-refractivity contribution in [3.05, 3.63) is 39.7 Å². The Morgan fingerprint density at radius 2 is 2.20 bits per heavy atom. The third-order valence-corrected chi connectivity index (χ3v) is 3.47. The molecule has 1 saturated carbocycles. The van der Waals surface area contributed by atoms with E-state index in [1.54, 1.807) is 19.1 Å². The van der Waals surface area contributed by atoms with Crippen molar-refractivity contribution in [3.8, 4) is 11.4 Å². The standard InChI is InChI=1S/C13H14N4O3/c1-8-6-9(2-5-11(8)17(19)20)13-15-14-12(7-18)16(13)10-3-4-10/h2,5-6,10,18H,3-4,7H2,1H3. The molecule has 1 N–H and O–H groups in total. The van der Waals surface area contributed by atoms with E-state index in [-0.39, 0.29) is 12.3 Å². The van der Waals surface area contributed by atoms with E-state index in [0.717, 1.165) is 18.4 Å². The van der Waals surface area contributed by atoms with Gasteiger partial charge in [-0.15, -0.1) is 10.2 Å². The molecule has 0 unspecified atom stereocenters. The van der Waals surface area contributed by atoms with Crippen molar-refractivity contribution in [2.75, 3.05) is 0 Å². The first kappa shape index (κ1) is 12.7. The summed E-state index contributed by atoms with van der Waals surface area (Å²) >= 11 is 0. The van der Waals surface area contributed by atoms with Crippen LogP contribution >= 0.6 is 0 Å². The molecule has 0 bridgehead atoms. The first-order valence-corrected chi connectivity index (χ1v) is 6.42. The third kappa shape index (κ3) is 2.05. The summed E-state index contributed by atoms with van der Waals surface area (Å²) in [6.45, 7) is 1.54. The molecular weight excluding hydrogens is 260 g/mol. The van der Waals surface area contributed by atoms with Gasteiger partial charge in [-0.25, -0.2) is 0 Å². The van der Waals surface area contributed by atoms with Gasteiger partial charge in [-0.3, -0.25) is 10.1 Å². The SMILES string of the molecule is Cc1cc(-c2nnc(CO)n2C2CC2)ccc1[N+](=O)[O-]. The summed E-state index contributed by atoms with van der Waals surface area (Å²) < 4.78 is 1.93. The molecule has 3 rings (SSSR count). The normalized spacial score (nSPS) is 14.5. The van der Waals surface area contributed by atoms with Gasteiger partial charge in [0.05, 0.1) is 4.92 Å². The van der Waals surface area contributed by atoms with E-state index in [4.69, 9.17) is 0 Å². The maximum Gasteiger partial charge on any atom is 0.272 e. The van der Waals surface area contributed by atoms with Crippen molar-refractivity contribution in [2.45, 2.75) is 32.4 Å². The van der Waals surface area contributed by atoms with Gasteiger partial charge in [0.2, 0.25) is 0 Å². The van der Waals surface area contributed by atoms with E-state index >= 15 is 0 Å². The second kappa shape index (κ2) is 4.68. The van der Waals surface area contributed by atoms with Crippen molar-refractivity contribution in [3.63, 3.8) is 0 Å². The number of aromatic nitrogens is 3. The minimum absolute atomic E-state index is 0.0913. The topological polar surface area (TPSA) is 94.1 Å². The maximum absolute atomic E-state index is 10.8. The summed E-state index contributed by atoms with van der Waals surface area (Å²) in [4.78, 5) is 10.4. The van der Waals surface area contributed by atoms with Crippen molar-refractivity contribution in [1.82, 2.24) is 14.8 Å². The predicted molar refractivity (Wildman–Crippen MR) is 71.0 cm³/mol. The van der Waals surface area contributed by atoms with E-state index in [1.165, 1.54) is 6.07 Å². The van der Waals surface area contributed by atoms with Gasteiger partial charge in [0.15, 0.2) is 11.6 Å². The van der Waals surface area contributed by atoms with Crippen LogP contribution < -0.4 is 0 Å². The number of aliphatic hydroxyl groups is 1. The van der Waals surface area contributed by atoms with Gasteiger partial charge >= 0.3 is 0 Å². The summed E-state index contributed by atoms with van der Waals surface area (Å²) in [6.07, 6.45) is 2.09. The molecule has 1 heterocycles. The van der Waals surface area contributed by atoms with Crippen molar-refractivity contribution >= 4 is 5.69 Å². The number of nitro groups is 1. The lowest BCUT2D eigenvalue weighted by atomic mass is 10.1. The Morgan fingerprint density at radius 1 is 1.45 bits per heavy atom. The molecule has 0 spiro atoms. The first-order chi connectivity index (χ1) is 9.61. The Labute approximate surface area is 115 Å². The maximum atomic E-state index is 10.8. The highest BCUT2D eigenvalue weighted by Crippen LogP contribution is 2.39. The molecule has 0 aliphatic heterocycles. The highest BCUT2D eigenvalue weighted by Gasteiger charge is 2.29. The molecule has 0 saturated heterocycles. The van der Waals surface area contributed by atoms with Crippen LogP contribution in [0.1, 0.15) is 30.3 Å². The minimum Gasteiger partial charge on any atom is -0.388 e. The highest BCUT2D eigenvalue weighted by molar-refractivity contribution is 5.60. The first-order valence-electron chi connectivity index (χ1n) is 6.42. The van der Waals surface area contributed by atoms with Gasteiger partial charge < -0.3 is 9.67 Å². The largest absolute Gasteiger partial charge is 0.388 e. The van der Waals surface area contributed by atoms with Crippen LogP contribution in [0.15, 0.2) is 18.2 Å². The lowest BCUT2D eigenvalue weighted by Gasteiger charge is -2.08. The van der Waals surface area contributed by atoms with Crippen LogP contribution in [0.4, 0.5) is 5.69 Å². The average molecular weight is 274 g/mol. The molecule has 2 aromatic rings. The number of nitrogens with zero attached hydrogens (tertiary/aromatic N) is 4. The number of hydrogen-bond acceptors (Lipinski definition) is 5. The fraction of sp³-hybridized carbons (Fsp3) is 0.385. The average Bonchev–Trinajstić information content (AvgIpc) is 3.17. The summed E-state index contributed by atoms with van der Waals surface area (Å²) in [5.74, 6) is 1.20. The zero-order valence-electron chi connectivity index (χ0n) is 11.0. The zero-order valence-corrected chi connectivity index (χ0v) is 11.0. The second-order valence-corrected chi connectivity index (χ2v) is 4.96. The van der Waals surface area contributed by atoms with Gasteiger partial charge in [0, 0.05) is 23.2 Å². The predicted octanol–water partition coefficient (Wildman–Crippen LogP) is 1.99. The molecule has 0 atom stereocenters. The molecule has 20 heavy (non-hydrogen) atoms. The molecule has 1 aliphatic carbocycles. The highest BCUT2D eigenvalue weighted by atomic mass is 16.6. The lowest BCUT2D eigenvalue weighted by Crippen LogP contribution is -2.03. The van der Waals surface area contributed by atoms with Crippen LogP contribution in [0.5, 0.6) is 0 Å². The van der Waals surface area contributed by atoms with Crippen LogP contribution in [0, 0.1) is 17.0 Å². The Morgan fingerprint density at radius 3 is 2.75 bits per heavy atom. The number of benzene rings is 1. The Kier molecular flexibility index (Phi) is 2.98. The molecule has 0 radical (unpaired) electrons. The van der Waals surface area contributed by atoms with Gasteiger partial charge in [-0.1, -0.05) is 0 Å². The van der Waals surface area contributed by atoms with Gasteiger partial charge in [0.1, 0.15) is 6.61 Å². The van der Waals surface area contributed by atoms with Gasteiger partial charge in [-0.05, 0) is 31.9 Å². The quantitative estimate of drug-likeness (QED) is 0.679. The van der Waals surface area contributed by atoms with Crippen LogP contribution in [-0.2, 0) is 6.61 Å². The Balaban J connectivity index is 2.07. The number of aliphatic hydroxyl groups excluding tert-OH is 1. The summed E-state index contributed by atoms with van der Waals surface area (Å²) in [5.41, 5.74) is 1.46. The van der Waals surface area contributed by atoms with E-state index in [2.05, 4.69) is 10.2 Å². The molecule has 7 heteroatoms. The van der Waals surface area contributed by atoms with Crippen LogP contribution in [0.2, 0.25) is 0 Å². The summed E-state index contributed by atoms with van der Waals surface area (Å²) in [7, 11) is 0. The lowest BCUT2D eigenvalue weighted by molar-refractivity contribution is -0.385. The zero-order chi connectivity index (χ0) is 14.3. The molecule has 1 fully saturated rings. The fourth-order valence-electron chi connectivity index (χ4n) is 2.34. The van der Waals surface area contributed by atoms with E-state index < -0.39 is 4.92 Å². The third-order valence-electron chi connectivity index (χ3n) is 3.47. The van der Waals surface area contributed by atoms with E-state index in [1.807, 2.05) is 4.57 Å². The van der Waals surface area contributed by atoms with Crippen molar-refractivity contribution < 1.29 is 10.0 Å². The molecule has 1 aromatic carbocycles. The molecule has 1 aromatic heterocycles.